The Morgan fingerprint density at radius 2 is 1.83 bits per heavy atom. The number of carbonyl (C=O) groups excluding carboxylic acids is 1. The quantitative estimate of drug-likeness (QED) is 0.239. The van der Waals surface area contributed by atoms with Crippen LogP contribution >= 0.6 is 9.90 Å². The fourth-order valence-electron chi connectivity index (χ4n) is 0.461. The molecule has 0 aliphatic rings. The Morgan fingerprint density at radius 1 is 1.42 bits per heavy atom. The minimum Gasteiger partial charge on any atom is -0.577 e. The van der Waals surface area contributed by atoms with E-state index in [2.05, 4.69) is 31.0 Å². The fraction of sp³-hybridized carbons (Fsp3) is 0.857. The summed E-state index contributed by atoms with van der Waals surface area (Å²) in [6.45, 7) is 8.79. The Labute approximate surface area is 122 Å². The summed E-state index contributed by atoms with van der Waals surface area (Å²) in [5.41, 5.74) is 0. The van der Waals surface area contributed by atoms with Gasteiger partial charge in [0.2, 0.25) is 0 Å². The molecule has 0 heterocycles. The van der Waals surface area contributed by atoms with Crippen LogP contribution in [0, 0.1) is 0 Å². The summed E-state index contributed by atoms with van der Waals surface area (Å²) in [6.07, 6.45) is 0. The largest absolute Gasteiger partial charge is 1.00 e. The van der Waals surface area contributed by atoms with Gasteiger partial charge < -0.3 is 24.9 Å². The third kappa shape index (κ3) is 22.6. The first-order chi connectivity index (χ1) is 4.81. The van der Waals surface area contributed by atoms with Gasteiger partial charge in [0, 0.05) is 13.1 Å². The topological polar surface area (TPSA) is 32.3 Å². The molecule has 0 unspecified atom stereocenters. The van der Waals surface area contributed by atoms with Crippen LogP contribution in [-0.2, 0) is 4.79 Å². The molecule has 0 aromatic carbocycles. The van der Waals surface area contributed by atoms with E-state index in [-0.39, 0.29) is 61.3 Å². The molecule has 0 atom stereocenters. The molecule has 70 valence electrons. The van der Waals surface area contributed by atoms with Crippen LogP contribution in [0.25, 0.3) is 0 Å². The number of rotatable bonds is 4. The van der Waals surface area contributed by atoms with Crippen molar-refractivity contribution in [3.8, 4) is 0 Å². The first kappa shape index (κ1) is 23.5. The zero-order valence-electron chi connectivity index (χ0n) is 8.63. The van der Waals surface area contributed by atoms with Gasteiger partial charge in [-0.15, -0.1) is 0 Å². The Hall–Kier alpha value is 1.66. The second-order valence-electron chi connectivity index (χ2n) is 2.00. The maximum absolute atomic E-state index is 7.75. The molecular weight excluding hydrogens is 198 g/mol. The standard InChI is InChI=1S/C6H16N2.CHO.K.H2P/c1-4-8(3)6-5-7-2;1-2;;/h7H,4-6H2,1-3H3;1H;;1H2/q;-1;+1;-1. The van der Waals surface area contributed by atoms with Crippen LogP contribution in [0.15, 0.2) is 0 Å². The summed E-state index contributed by atoms with van der Waals surface area (Å²) in [6, 6.07) is 0. The van der Waals surface area contributed by atoms with Crippen LogP contribution in [-0.4, -0.2) is 45.4 Å². The van der Waals surface area contributed by atoms with E-state index in [0.717, 1.165) is 19.6 Å². The Balaban J connectivity index is -0.0000000740. The fourth-order valence-corrected chi connectivity index (χ4v) is 0.461. The van der Waals surface area contributed by atoms with Crippen molar-refractivity contribution >= 4 is 16.7 Å². The maximum atomic E-state index is 7.75. The maximum Gasteiger partial charge on any atom is 1.00 e. The smallest absolute Gasteiger partial charge is 0.577 e. The van der Waals surface area contributed by atoms with Gasteiger partial charge >= 0.3 is 51.4 Å². The van der Waals surface area contributed by atoms with Crippen molar-refractivity contribution in [3.63, 3.8) is 0 Å². The van der Waals surface area contributed by atoms with E-state index < -0.39 is 0 Å². The molecule has 5 heteroatoms. The molecule has 1 N–H and O–H groups in total. The average Bonchev–Trinajstić information content (AvgIpc) is 2.04. The van der Waals surface area contributed by atoms with Crippen LogP contribution in [0.5, 0.6) is 0 Å². The molecule has 0 aromatic heterocycles. The third-order valence-corrected chi connectivity index (χ3v) is 1.28. The molecule has 0 saturated heterocycles. The van der Waals surface area contributed by atoms with Gasteiger partial charge in [0.25, 0.3) is 0 Å². The summed E-state index contributed by atoms with van der Waals surface area (Å²) in [4.78, 5) is 10.0. The number of nitrogens with one attached hydrogen (secondary N) is 1. The number of likely N-dealkylation sites (N-methyl/N-ethyl adjacent to an activating group) is 2. The van der Waals surface area contributed by atoms with E-state index in [4.69, 9.17) is 4.79 Å². The minimum absolute atomic E-state index is 0. The monoisotopic (exact) mass is 217 g/mol. The summed E-state index contributed by atoms with van der Waals surface area (Å²) >= 11 is 0. The predicted molar refractivity (Wildman–Crippen MR) is 53.6 cm³/mol. The van der Waals surface area contributed by atoms with Gasteiger partial charge in [-0.05, 0) is 20.6 Å². The molecule has 0 aliphatic carbocycles. The SMILES string of the molecule is CCN(C)CCNC.[CH-]=O.[K+].[PH2-]. The molecule has 0 amide bonds. The normalized spacial score (nSPS) is 7.33. The van der Waals surface area contributed by atoms with E-state index in [9.17, 15) is 0 Å². The van der Waals surface area contributed by atoms with Crippen LogP contribution in [0.4, 0.5) is 0 Å². The average molecular weight is 217 g/mol. The molecule has 0 aliphatic heterocycles. The van der Waals surface area contributed by atoms with E-state index in [1.54, 1.807) is 0 Å². The number of hydrogen-bond donors (Lipinski definition) is 1. The molecule has 0 bridgehead atoms. The molecule has 0 rings (SSSR count). The Bertz CT molecular complexity index is 69.4. The van der Waals surface area contributed by atoms with Crippen molar-refractivity contribution < 1.29 is 56.2 Å². The summed E-state index contributed by atoms with van der Waals surface area (Å²) in [5.74, 6) is 0. The number of nitrogens with zero attached hydrogens (tertiary/aromatic N) is 1. The summed E-state index contributed by atoms with van der Waals surface area (Å²) < 4.78 is 0. The summed E-state index contributed by atoms with van der Waals surface area (Å²) in [5, 5.41) is 3.09. The summed E-state index contributed by atoms with van der Waals surface area (Å²) in [7, 11) is 4.10. The van der Waals surface area contributed by atoms with Gasteiger partial charge in [0.05, 0.1) is 0 Å². The van der Waals surface area contributed by atoms with Crippen molar-refractivity contribution in [1.82, 2.24) is 10.2 Å². The Morgan fingerprint density at radius 3 is 2.08 bits per heavy atom. The van der Waals surface area contributed by atoms with Crippen molar-refractivity contribution in [2.24, 2.45) is 0 Å². The zero-order valence-corrected chi connectivity index (χ0v) is 12.9. The minimum atomic E-state index is 0. The van der Waals surface area contributed by atoms with Gasteiger partial charge in [-0.25, -0.2) is 0 Å². The van der Waals surface area contributed by atoms with Crippen molar-refractivity contribution in [2.45, 2.75) is 6.92 Å². The molecule has 12 heavy (non-hydrogen) atoms. The Kier molecular flexibility index (Phi) is 44.9. The van der Waals surface area contributed by atoms with E-state index >= 15 is 0 Å². The molecule has 0 spiro atoms. The van der Waals surface area contributed by atoms with Crippen LogP contribution in [0.3, 0.4) is 0 Å². The van der Waals surface area contributed by atoms with Gasteiger partial charge in [0.1, 0.15) is 0 Å². The van der Waals surface area contributed by atoms with Crippen LogP contribution in [0.2, 0.25) is 0 Å². The molecular formula is C7H19KN2OP-. The van der Waals surface area contributed by atoms with E-state index in [0.29, 0.717) is 0 Å². The first-order valence-electron chi connectivity index (χ1n) is 3.38. The van der Waals surface area contributed by atoms with Crippen molar-refractivity contribution in [2.75, 3.05) is 33.7 Å². The second kappa shape index (κ2) is 22.9. The predicted octanol–water partition coefficient (Wildman–Crippen LogP) is -2.79. The molecule has 3 nitrogen and oxygen atoms in total. The van der Waals surface area contributed by atoms with E-state index in [1.165, 1.54) is 0 Å². The van der Waals surface area contributed by atoms with Gasteiger partial charge in [-0.2, -0.15) is 0 Å². The van der Waals surface area contributed by atoms with E-state index in [1.807, 2.05) is 7.05 Å². The van der Waals surface area contributed by atoms with Gasteiger partial charge in [0.15, 0.2) is 0 Å². The number of hydrogen-bond acceptors (Lipinski definition) is 3. The first-order valence-corrected chi connectivity index (χ1v) is 3.38. The van der Waals surface area contributed by atoms with Crippen LogP contribution < -0.4 is 56.7 Å². The zero-order chi connectivity index (χ0) is 8.41. The van der Waals surface area contributed by atoms with Crippen molar-refractivity contribution in [3.05, 3.63) is 0 Å². The van der Waals surface area contributed by atoms with Crippen molar-refractivity contribution in [1.29, 1.82) is 0 Å². The van der Waals surface area contributed by atoms with Gasteiger partial charge in [-0.1, -0.05) is 6.92 Å². The molecule has 0 fully saturated rings. The van der Waals surface area contributed by atoms with Crippen LogP contribution in [0.1, 0.15) is 6.92 Å². The second-order valence-corrected chi connectivity index (χ2v) is 2.00. The third-order valence-electron chi connectivity index (χ3n) is 1.28. The molecule has 0 aromatic rings. The molecule has 0 saturated carbocycles. The molecule has 0 radical (unpaired) electrons. The van der Waals surface area contributed by atoms with Gasteiger partial charge in [-0.3, -0.25) is 6.79 Å².